The van der Waals surface area contributed by atoms with Crippen molar-refractivity contribution in [2.45, 2.75) is 35.5 Å². The van der Waals surface area contributed by atoms with Crippen LogP contribution in [-0.2, 0) is 9.84 Å². The molecule has 1 fully saturated rings. The Morgan fingerprint density at radius 2 is 2.05 bits per heavy atom. The van der Waals surface area contributed by atoms with E-state index >= 15 is 0 Å². The van der Waals surface area contributed by atoms with Crippen LogP contribution in [0.1, 0.15) is 31.4 Å². The molecule has 0 amide bonds. The van der Waals surface area contributed by atoms with Crippen molar-refractivity contribution in [3.63, 3.8) is 0 Å². The van der Waals surface area contributed by atoms with Crippen LogP contribution in [0.3, 0.4) is 0 Å². The summed E-state index contributed by atoms with van der Waals surface area (Å²) in [5.41, 5.74) is 0.735. The van der Waals surface area contributed by atoms with Crippen molar-refractivity contribution < 1.29 is 13.5 Å². The summed E-state index contributed by atoms with van der Waals surface area (Å²) in [5, 5.41) is 13.5. The van der Waals surface area contributed by atoms with Gasteiger partial charge in [-0.15, -0.1) is 0 Å². The van der Waals surface area contributed by atoms with Gasteiger partial charge in [0.2, 0.25) is 0 Å². The molecule has 2 rings (SSSR count). The summed E-state index contributed by atoms with van der Waals surface area (Å²) in [7, 11) is -3.18. The lowest BCUT2D eigenvalue weighted by Gasteiger charge is -2.24. The number of hydrogen-bond donors (Lipinski definition) is 2. The Morgan fingerprint density at radius 1 is 1.38 bits per heavy atom. The van der Waals surface area contributed by atoms with Gasteiger partial charge in [0.15, 0.2) is 9.84 Å². The van der Waals surface area contributed by atoms with E-state index in [1.165, 1.54) is 24.9 Å². The van der Waals surface area contributed by atoms with Crippen LogP contribution in [0.2, 0.25) is 0 Å². The zero-order chi connectivity index (χ0) is 15.5. The number of aliphatic hydroxyl groups is 1. The molecule has 0 aliphatic carbocycles. The third kappa shape index (κ3) is 4.71. The molecule has 21 heavy (non-hydrogen) atoms. The number of sulfone groups is 1. The highest BCUT2D eigenvalue weighted by Crippen LogP contribution is 2.37. The zero-order valence-corrected chi connectivity index (χ0v) is 14.1. The van der Waals surface area contributed by atoms with Crippen LogP contribution >= 0.6 is 11.8 Å². The molecule has 2 atom stereocenters. The fourth-order valence-corrected chi connectivity index (χ4v) is 4.41. The van der Waals surface area contributed by atoms with E-state index < -0.39 is 15.9 Å². The largest absolute Gasteiger partial charge is 0.387 e. The fourth-order valence-electron chi connectivity index (χ4n) is 2.50. The number of benzene rings is 1. The summed E-state index contributed by atoms with van der Waals surface area (Å²) in [5.74, 6) is 1.22. The average Bonchev–Trinajstić information content (AvgIpc) is 2.85. The molecule has 1 aromatic carbocycles. The van der Waals surface area contributed by atoms with Gasteiger partial charge in [-0.1, -0.05) is 12.1 Å². The maximum Gasteiger partial charge on any atom is 0.175 e. The monoisotopic (exact) mass is 329 g/mol. The summed E-state index contributed by atoms with van der Waals surface area (Å²) >= 11 is 1.99. The van der Waals surface area contributed by atoms with Gasteiger partial charge in [-0.25, -0.2) is 8.42 Å². The first-order valence-corrected chi connectivity index (χ1v) is 10.0. The Labute approximate surface area is 131 Å². The Balaban J connectivity index is 1.87. The summed E-state index contributed by atoms with van der Waals surface area (Å²) in [6.45, 7) is 3.62. The first-order valence-electron chi connectivity index (χ1n) is 7.13. The topological polar surface area (TPSA) is 66.4 Å². The molecule has 1 heterocycles. The average molecular weight is 329 g/mol. The van der Waals surface area contributed by atoms with Crippen LogP contribution in [0.15, 0.2) is 29.2 Å². The van der Waals surface area contributed by atoms with E-state index in [0.29, 0.717) is 6.54 Å². The maximum atomic E-state index is 11.4. The van der Waals surface area contributed by atoms with E-state index in [9.17, 15) is 13.5 Å². The van der Waals surface area contributed by atoms with Crippen LogP contribution in [0.5, 0.6) is 0 Å². The minimum absolute atomic E-state index is 0.278. The van der Waals surface area contributed by atoms with E-state index in [2.05, 4.69) is 12.2 Å². The number of aliphatic hydroxyl groups excluding tert-OH is 1. The van der Waals surface area contributed by atoms with E-state index in [4.69, 9.17) is 0 Å². The normalized spacial score (nSPS) is 24.1. The SMILES string of the molecule is CC1(CNCC(O)c2ccc(S(C)(=O)=O)cc2)CCCS1. The molecule has 0 saturated carbocycles. The van der Waals surface area contributed by atoms with Crippen molar-refractivity contribution in [1.29, 1.82) is 0 Å². The van der Waals surface area contributed by atoms with Gasteiger partial charge in [-0.3, -0.25) is 0 Å². The Morgan fingerprint density at radius 3 is 2.57 bits per heavy atom. The molecule has 0 radical (unpaired) electrons. The molecule has 2 unspecified atom stereocenters. The predicted octanol–water partition coefficient (Wildman–Crippen LogP) is 2.00. The maximum absolute atomic E-state index is 11.4. The number of rotatable bonds is 6. The van der Waals surface area contributed by atoms with Crippen molar-refractivity contribution in [3.8, 4) is 0 Å². The lowest BCUT2D eigenvalue weighted by atomic mass is 10.1. The van der Waals surface area contributed by atoms with Crippen LogP contribution < -0.4 is 5.32 Å². The second-order valence-corrected chi connectivity index (χ2v) is 9.59. The van der Waals surface area contributed by atoms with Crippen molar-refractivity contribution in [3.05, 3.63) is 29.8 Å². The van der Waals surface area contributed by atoms with Gasteiger partial charge in [0.1, 0.15) is 0 Å². The van der Waals surface area contributed by atoms with Gasteiger partial charge in [0.05, 0.1) is 11.0 Å². The smallest absolute Gasteiger partial charge is 0.175 e. The van der Waals surface area contributed by atoms with Crippen molar-refractivity contribution >= 4 is 21.6 Å². The molecule has 6 heteroatoms. The molecule has 1 aromatic rings. The molecule has 0 aromatic heterocycles. The van der Waals surface area contributed by atoms with Crippen LogP contribution in [-0.4, -0.2) is 43.4 Å². The Hall–Kier alpha value is -0.560. The molecule has 1 aliphatic heterocycles. The predicted molar refractivity (Wildman–Crippen MR) is 87.5 cm³/mol. The minimum atomic E-state index is -3.18. The van der Waals surface area contributed by atoms with Gasteiger partial charge in [-0.05, 0) is 43.2 Å². The van der Waals surface area contributed by atoms with E-state index in [0.717, 1.165) is 12.1 Å². The molecule has 118 valence electrons. The number of nitrogens with one attached hydrogen (secondary N) is 1. The Bertz CT molecular complexity index is 563. The lowest BCUT2D eigenvalue weighted by molar-refractivity contribution is 0.173. The molecule has 4 nitrogen and oxygen atoms in total. The Kier molecular flexibility index (Phi) is 5.35. The molecule has 2 N–H and O–H groups in total. The summed E-state index contributed by atoms with van der Waals surface area (Å²) < 4.78 is 23.1. The van der Waals surface area contributed by atoms with Crippen LogP contribution in [0.25, 0.3) is 0 Å². The second-order valence-electron chi connectivity index (χ2n) is 5.89. The van der Waals surface area contributed by atoms with Gasteiger partial charge < -0.3 is 10.4 Å². The summed E-state index contributed by atoms with van der Waals surface area (Å²) in [6.07, 6.45) is 3.04. The lowest BCUT2D eigenvalue weighted by Crippen LogP contribution is -2.35. The van der Waals surface area contributed by atoms with Gasteiger partial charge in [0, 0.05) is 24.1 Å². The number of thioether (sulfide) groups is 1. The third-order valence-corrected chi connectivity index (χ3v) is 6.50. The van der Waals surface area contributed by atoms with Crippen molar-refractivity contribution in [2.24, 2.45) is 0 Å². The van der Waals surface area contributed by atoms with Crippen molar-refractivity contribution in [1.82, 2.24) is 5.32 Å². The second kappa shape index (κ2) is 6.69. The first kappa shape index (κ1) is 16.8. The molecular weight excluding hydrogens is 306 g/mol. The summed E-state index contributed by atoms with van der Waals surface area (Å²) in [4.78, 5) is 0.279. The molecule has 0 bridgehead atoms. The van der Waals surface area contributed by atoms with E-state index in [1.54, 1.807) is 24.3 Å². The highest BCUT2D eigenvalue weighted by molar-refractivity contribution is 8.00. The van der Waals surface area contributed by atoms with Crippen LogP contribution in [0.4, 0.5) is 0 Å². The van der Waals surface area contributed by atoms with Crippen LogP contribution in [0, 0.1) is 0 Å². The molecular formula is C15H23NO3S2. The molecule has 0 spiro atoms. The quantitative estimate of drug-likeness (QED) is 0.835. The minimum Gasteiger partial charge on any atom is -0.387 e. The van der Waals surface area contributed by atoms with Gasteiger partial charge in [-0.2, -0.15) is 11.8 Å². The highest BCUT2D eigenvalue weighted by atomic mass is 32.2. The van der Waals surface area contributed by atoms with E-state index in [-0.39, 0.29) is 9.64 Å². The standard InChI is InChI=1S/C15H23NO3S2/c1-15(8-3-9-20-15)11-16-10-14(17)12-4-6-13(7-5-12)21(2,18)19/h4-7,14,16-17H,3,8-11H2,1-2H3. The molecule has 1 aliphatic rings. The van der Waals surface area contributed by atoms with Gasteiger partial charge in [0.25, 0.3) is 0 Å². The fraction of sp³-hybridized carbons (Fsp3) is 0.600. The summed E-state index contributed by atoms with van der Waals surface area (Å²) in [6, 6.07) is 6.44. The molecule has 1 saturated heterocycles. The highest BCUT2D eigenvalue weighted by Gasteiger charge is 2.28. The number of hydrogen-bond acceptors (Lipinski definition) is 5. The third-order valence-electron chi connectivity index (χ3n) is 3.83. The van der Waals surface area contributed by atoms with Gasteiger partial charge >= 0.3 is 0 Å². The van der Waals surface area contributed by atoms with E-state index in [1.807, 2.05) is 11.8 Å². The first-order chi connectivity index (χ1) is 9.80. The van der Waals surface area contributed by atoms with Crippen molar-refractivity contribution in [2.75, 3.05) is 25.1 Å². The zero-order valence-electron chi connectivity index (χ0n) is 12.5.